The van der Waals surface area contributed by atoms with Gasteiger partial charge in [0.1, 0.15) is 5.82 Å². The Morgan fingerprint density at radius 3 is 2.80 bits per heavy atom. The molecule has 0 unspecified atom stereocenters. The van der Waals surface area contributed by atoms with Crippen LogP contribution in [0, 0.1) is 0 Å². The molecule has 0 spiro atoms. The molecule has 0 saturated carbocycles. The van der Waals surface area contributed by atoms with Crippen LogP contribution in [0.2, 0.25) is 0 Å². The van der Waals surface area contributed by atoms with Gasteiger partial charge in [0, 0.05) is 25.3 Å². The lowest BCUT2D eigenvalue weighted by Gasteiger charge is -2.27. The molecule has 0 amide bonds. The summed E-state index contributed by atoms with van der Waals surface area (Å²) in [5.74, 6) is 1.15. The highest BCUT2D eigenvalue weighted by atomic mass is 15.2. The minimum atomic E-state index is 0.936. The van der Waals surface area contributed by atoms with Gasteiger partial charge in [-0.25, -0.2) is 4.98 Å². The van der Waals surface area contributed by atoms with Crippen molar-refractivity contribution in [3.63, 3.8) is 0 Å². The van der Waals surface area contributed by atoms with E-state index in [1.807, 2.05) is 0 Å². The predicted molar refractivity (Wildman–Crippen MR) is 86.2 cm³/mol. The maximum atomic E-state index is 4.85. The number of hydrogen-bond donors (Lipinski definition) is 1. The van der Waals surface area contributed by atoms with Crippen molar-refractivity contribution < 1.29 is 0 Å². The molecule has 0 saturated heterocycles. The van der Waals surface area contributed by atoms with Gasteiger partial charge in [0.15, 0.2) is 0 Å². The molecule has 0 radical (unpaired) electrons. The van der Waals surface area contributed by atoms with E-state index in [1.165, 1.54) is 16.8 Å². The summed E-state index contributed by atoms with van der Waals surface area (Å²) in [5, 5.41) is 3.41. The second kappa shape index (κ2) is 7.44. The van der Waals surface area contributed by atoms with E-state index < -0.39 is 0 Å². The van der Waals surface area contributed by atoms with Gasteiger partial charge in [-0.15, -0.1) is 0 Å². The van der Waals surface area contributed by atoms with Gasteiger partial charge in [-0.2, -0.15) is 0 Å². The van der Waals surface area contributed by atoms with Gasteiger partial charge in [-0.1, -0.05) is 31.9 Å². The molecular formula is C17H27N3. The molecular weight excluding hydrogens is 246 g/mol. The quantitative estimate of drug-likeness (QED) is 0.806. The number of hydrogen-bond acceptors (Lipinski definition) is 3. The van der Waals surface area contributed by atoms with Crippen LogP contribution in [0.5, 0.6) is 0 Å². The van der Waals surface area contributed by atoms with E-state index in [0.29, 0.717) is 0 Å². The average Bonchev–Trinajstić information content (AvgIpc) is 2.46. The van der Waals surface area contributed by atoms with Crippen LogP contribution < -0.4 is 10.2 Å². The summed E-state index contributed by atoms with van der Waals surface area (Å²) in [7, 11) is 0. The fraction of sp³-hybridized carbons (Fsp3) is 0.588. The first-order valence-electron chi connectivity index (χ1n) is 7.84. The van der Waals surface area contributed by atoms with Crippen LogP contribution in [-0.4, -0.2) is 24.6 Å². The molecule has 0 aromatic carbocycles. The summed E-state index contributed by atoms with van der Waals surface area (Å²) >= 11 is 0. The largest absolute Gasteiger partial charge is 0.353 e. The number of nitrogens with one attached hydrogen (secondary N) is 1. The molecule has 1 aliphatic heterocycles. The first kappa shape index (κ1) is 15.0. The summed E-state index contributed by atoms with van der Waals surface area (Å²) in [6.07, 6.45) is 5.69. The zero-order valence-electron chi connectivity index (χ0n) is 13.1. The van der Waals surface area contributed by atoms with Crippen molar-refractivity contribution in [2.45, 2.75) is 46.6 Å². The Hall–Kier alpha value is -1.35. The van der Waals surface area contributed by atoms with Crippen LogP contribution in [0.1, 0.15) is 44.9 Å². The lowest BCUT2D eigenvalue weighted by atomic mass is 10.1. The molecule has 110 valence electrons. The van der Waals surface area contributed by atoms with Gasteiger partial charge >= 0.3 is 0 Å². The fourth-order valence-electron chi connectivity index (χ4n) is 2.53. The van der Waals surface area contributed by atoms with Crippen molar-refractivity contribution in [3.8, 4) is 0 Å². The molecule has 0 aliphatic carbocycles. The third kappa shape index (κ3) is 4.07. The Bertz CT molecular complexity index is 465. The molecule has 3 nitrogen and oxygen atoms in total. The summed E-state index contributed by atoms with van der Waals surface area (Å²) < 4.78 is 0. The van der Waals surface area contributed by atoms with Crippen LogP contribution in [0.3, 0.4) is 0 Å². The van der Waals surface area contributed by atoms with Crippen LogP contribution in [0.4, 0.5) is 5.82 Å². The van der Waals surface area contributed by atoms with Gasteiger partial charge in [0.25, 0.3) is 0 Å². The number of pyridine rings is 1. The van der Waals surface area contributed by atoms with E-state index in [9.17, 15) is 0 Å². The molecule has 2 rings (SSSR count). The van der Waals surface area contributed by atoms with Crippen molar-refractivity contribution >= 4 is 5.82 Å². The van der Waals surface area contributed by atoms with Crippen molar-refractivity contribution in [1.29, 1.82) is 0 Å². The Balaban J connectivity index is 2.19. The van der Waals surface area contributed by atoms with Gasteiger partial charge < -0.3 is 10.2 Å². The van der Waals surface area contributed by atoms with E-state index in [4.69, 9.17) is 4.98 Å². The molecule has 1 aliphatic rings. The van der Waals surface area contributed by atoms with E-state index in [-0.39, 0.29) is 0 Å². The highest BCUT2D eigenvalue weighted by Gasteiger charge is 2.13. The highest BCUT2D eigenvalue weighted by molar-refractivity contribution is 5.45. The molecule has 0 bridgehead atoms. The molecule has 20 heavy (non-hydrogen) atoms. The van der Waals surface area contributed by atoms with Crippen molar-refractivity contribution in [1.82, 2.24) is 10.3 Å². The van der Waals surface area contributed by atoms with Crippen LogP contribution >= 0.6 is 0 Å². The maximum absolute atomic E-state index is 4.85. The molecule has 1 aromatic rings. The number of aryl methyl sites for hydroxylation is 1. The normalized spacial score (nSPS) is 15.3. The standard InChI is InChI=1S/C17H27N3/c1-4-6-16-11-15(13-18-5-2)12-17(19-16)20-9-7-14(3)8-10-20/h7,11-12,18H,4-6,8-10,13H2,1-3H3. The smallest absolute Gasteiger partial charge is 0.129 e. The van der Waals surface area contributed by atoms with Crippen LogP contribution in [0.15, 0.2) is 23.8 Å². The van der Waals surface area contributed by atoms with Crippen molar-refractivity contribution in [2.24, 2.45) is 0 Å². The molecule has 3 heteroatoms. The fourth-order valence-corrected chi connectivity index (χ4v) is 2.53. The van der Waals surface area contributed by atoms with Crippen molar-refractivity contribution in [2.75, 3.05) is 24.5 Å². The summed E-state index contributed by atoms with van der Waals surface area (Å²) in [6, 6.07) is 4.50. The number of nitrogens with zero attached hydrogens (tertiary/aromatic N) is 2. The van der Waals surface area contributed by atoms with Gasteiger partial charge in [-0.05, 0) is 44.0 Å². The predicted octanol–water partition coefficient (Wildman–Crippen LogP) is 3.30. The van der Waals surface area contributed by atoms with E-state index in [0.717, 1.165) is 51.3 Å². The molecule has 1 N–H and O–H groups in total. The number of anilines is 1. The SMILES string of the molecule is CCCc1cc(CNCC)cc(N2CC=C(C)CC2)n1. The van der Waals surface area contributed by atoms with E-state index in [2.05, 4.69) is 49.2 Å². The topological polar surface area (TPSA) is 28.2 Å². The number of aromatic nitrogens is 1. The second-order valence-corrected chi connectivity index (χ2v) is 5.60. The molecule has 0 fully saturated rings. The minimum absolute atomic E-state index is 0.936. The van der Waals surface area contributed by atoms with Gasteiger partial charge in [-0.3, -0.25) is 0 Å². The number of rotatable bonds is 6. The first-order valence-corrected chi connectivity index (χ1v) is 7.84. The minimum Gasteiger partial charge on any atom is -0.353 e. The van der Waals surface area contributed by atoms with Crippen LogP contribution in [-0.2, 0) is 13.0 Å². The zero-order valence-corrected chi connectivity index (χ0v) is 13.1. The lowest BCUT2D eigenvalue weighted by Crippen LogP contribution is -2.29. The molecule has 2 heterocycles. The zero-order chi connectivity index (χ0) is 14.4. The summed E-state index contributed by atoms with van der Waals surface area (Å²) in [4.78, 5) is 7.24. The Kier molecular flexibility index (Phi) is 5.60. The molecule has 1 aromatic heterocycles. The maximum Gasteiger partial charge on any atom is 0.129 e. The monoisotopic (exact) mass is 273 g/mol. The Morgan fingerprint density at radius 2 is 2.15 bits per heavy atom. The third-order valence-corrected chi connectivity index (χ3v) is 3.77. The lowest BCUT2D eigenvalue weighted by molar-refractivity contribution is 0.718. The third-order valence-electron chi connectivity index (χ3n) is 3.77. The first-order chi connectivity index (χ1) is 9.72. The molecule has 0 atom stereocenters. The Labute approximate surface area is 123 Å². The van der Waals surface area contributed by atoms with Gasteiger partial charge in [0.05, 0.1) is 0 Å². The highest BCUT2D eigenvalue weighted by Crippen LogP contribution is 2.20. The average molecular weight is 273 g/mol. The van der Waals surface area contributed by atoms with Gasteiger partial charge in [0.2, 0.25) is 0 Å². The van der Waals surface area contributed by atoms with Crippen molar-refractivity contribution in [3.05, 3.63) is 35.0 Å². The second-order valence-electron chi connectivity index (χ2n) is 5.60. The van der Waals surface area contributed by atoms with Crippen LogP contribution in [0.25, 0.3) is 0 Å². The van der Waals surface area contributed by atoms with E-state index in [1.54, 1.807) is 0 Å². The Morgan fingerprint density at radius 1 is 1.30 bits per heavy atom. The summed E-state index contributed by atoms with van der Waals surface area (Å²) in [5.41, 5.74) is 4.08. The summed E-state index contributed by atoms with van der Waals surface area (Å²) in [6.45, 7) is 10.6. The van der Waals surface area contributed by atoms with E-state index >= 15 is 0 Å².